The van der Waals surface area contributed by atoms with Gasteiger partial charge in [0.1, 0.15) is 0 Å². The number of halogens is 1. The third-order valence-electron chi connectivity index (χ3n) is 4.17. The molecule has 1 fully saturated rings. The first-order valence-electron chi connectivity index (χ1n) is 6.84. The molecule has 0 aromatic heterocycles. The van der Waals surface area contributed by atoms with E-state index in [0.29, 0.717) is 5.92 Å². The third kappa shape index (κ3) is 2.96. The zero-order chi connectivity index (χ0) is 14.4. The van der Waals surface area contributed by atoms with Gasteiger partial charge in [0.05, 0.1) is 11.2 Å². The highest BCUT2D eigenvalue weighted by Crippen LogP contribution is 2.47. The van der Waals surface area contributed by atoms with E-state index in [1.54, 1.807) is 0 Å². The summed E-state index contributed by atoms with van der Waals surface area (Å²) in [4.78, 5) is 0. The summed E-state index contributed by atoms with van der Waals surface area (Å²) in [5, 5.41) is 0.760. The Labute approximate surface area is 121 Å². The molecule has 2 N–H and O–H groups in total. The lowest BCUT2D eigenvalue weighted by molar-refractivity contribution is -0.0767. The maximum atomic E-state index is 6.52. The first kappa shape index (κ1) is 14.8. The maximum Gasteiger partial charge on any atom is 0.0680 e. The molecule has 2 rings (SSSR count). The van der Waals surface area contributed by atoms with Crippen LogP contribution in [-0.4, -0.2) is 11.2 Å². The smallest absolute Gasteiger partial charge is 0.0680 e. The van der Waals surface area contributed by atoms with Crippen LogP contribution in [0.25, 0.3) is 0 Å². The Morgan fingerprint density at radius 3 is 2.42 bits per heavy atom. The van der Waals surface area contributed by atoms with Crippen LogP contribution >= 0.6 is 11.6 Å². The van der Waals surface area contributed by atoms with E-state index in [4.69, 9.17) is 22.1 Å². The molecule has 0 radical (unpaired) electrons. The van der Waals surface area contributed by atoms with Crippen molar-refractivity contribution in [1.29, 1.82) is 0 Å². The molecule has 3 heteroatoms. The van der Waals surface area contributed by atoms with E-state index < -0.39 is 0 Å². The first-order valence-corrected chi connectivity index (χ1v) is 7.22. The minimum Gasteiger partial charge on any atom is -0.369 e. The van der Waals surface area contributed by atoms with Crippen molar-refractivity contribution < 1.29 is 4.74 Å². The number of aryl methyl sites for hydroxylation is 1. The predicted molar refractivity (Wildman–Crippen MR) is 80.5 cm³/mol. The standard InChI is InChI=1S/C16H24ClNO/c1-10-8-11(17)6-7-12(10)14(18)13-9-15(2,3)19-16(13,4)5/h6-8,13-14H,9,18H2,1-5H3. The van der Waals surface area contributed by atoms with Crippen LogP contribution in [0.1, 0.15) is 51.3 Å². The molecule has 1 aliphatic heterocycles. The van der Waals surface area contributed by atoms with Crippen LogP contribution < -0.4 is 5.73 Å². The van der Waals surface area contributed by atoms with Gasteiger partial charge in [-0.15, -0.1) is 0 Å². The van der Waals surface area contributed by atoms with Crippen molar-refractivity contribution in [3.05, 3.63) is 34.3 Å². The van der Waals surface area contributed by atoms with Gasteiger partial charge >= 0.3 is 0 Å². The zero-order valence-electron chi connectivity index (χ0n) is 12.5. The topological polar surface area (TPSA) is 35.2 Å². The van der Waals surface area contributed by atoms with Crippen molar-refractivity contribution in [2.45, 2.75) is 58.3 Å². The first-order chi connectivity index (χ1) is 8.62. The van der Waals surface area contributed by atoms with Crippen molar-refractivity contribution in [2.75, 3.05) is 0 Å². The maximum absolute atomic E-state index is 6.52. The fourth-order valence-electron chi connectivity index (χ4n) is 3.39. The van der Waals surface area contributed by atoms with Gasteiger partial charge in [-0.05, 0) is 64.3 Å². The van der Waals surface area contributed by atoms with Gasteiger partial charge in [0, 0.05) is 17.0 Å². The van der Waals surface area contributed by atoms with Crippen LogP contribution in [0.3, 0.4) is 0 Å². The summed E-state index contributed by atoms with van der Waals surface area (Å²) in [5.74, 6) is 0.308. The predicted octanol–water partition coefficient (Wildman–Crippen LogP) is 4.24. The third-order valence-corrected chi connectivity index (χ3v) is 4.40. The SMILES string of the molecule is Cc1cc(Cl)ccc1C(N)C1CC(C)(C)OC1(C)C. The highest BCUT2D eigenvalue weighted by Gasteiger charge is 2.48. The van der Waals surface area contributed by atoms with E-state index in [1.807, 2.05) is 18.2 Å². The average Bonchev–Trinajstić information content (AvgIpc) is 2.45. The summed E-state index contributed by atoms with van der Waals surface area (Å²) in [6.07, 6.45) is 0.975. The van der Waals surface area contributed by atoms with Crippen LogP contribution in [0, 0.1) is 12.8 Å². The summed E-state index contributed by atoms with van der Waals surface area (Å²) in [7, 11) is 0. The lowest BCUT2D eigenvalue weighted by Crippen LogP contribution is -2.36. The molecule has 0 saturated carbocycles. The second-order valence-electron chi connectivity index (χ2n) is 6.80. The van der Waals surface area contributed by atoms with Crippen molar-refractivity contribution in [1.82, 2.24) is 0 Å². The van der Waals surface area contributed by atoms with Gasteiger partial charge in [-0.3, -0.25) is 0 Å². The molecule has 1 aromatic carbocycles. The Kier molecular flexibility index (Phi) is 3.72. The number of nitrogens with two attached hydrogens (primary N) is 1. The quantitative estimate of drug-likeness (QED) is 0.880. The van der Waals surface area contributed by atoms with Crippen molar-refractivity contribution in [2.24, 2.45) is 11.7 Å². The molecule has 1 heterocycles. The van der Waals surface area contributed by atoms with Crippen LogP contribution in [-0.2, 0) is 4.74 Å². The molecule has 19 heavy (non-hydrogen) atoms. The second-order valence-corrected chi connectivity index (χ2v) is 7.24. The number of hydrogen-bond acceptors (Lipinski definition) is 2. The fourth-order valence-corrected chi connectivity index (χ4v) is 3.62. The number of benzene rings is 1. The van der Waals surface area contributed by atoms with Gasteiger partial charge in [-0.25, -0.2) is 0 Å². The van der Waals surface area contributed by atoms with Gasteiger partial charge < -0.3 is 10.5 Å². The largest absolute Gasteiger partial charge is 0.369 e. The molecule has 0 aliphatic carbocycles. The van der Waals surface area contributed by atoms with Crippen LogP contribution in [0.5, 0.6) is 0 Å². The van der Waals surface area contributed by atoms with E-state index in [0.717, 1.165) is 17.0 Å². The molecule has 106 valence electrons. The molecule has 0 spiro atoms. The second kappa shape index (κ2) is 4.76. The van der Waals surface area contributed by atoms with Crippen molar-refractivity contribution >= 4 is 11.6 Å². The van der Waals surface area contributed by atoms with Gasteiger partial charge in [-0.1, -0.05) is 17.7 Å². The monoisotopic (exact) mass is 281 g/mol. The van der Waals surface area contributed by atoms with Crippen molar-refractivity contribution in [3.8, 4) is 0 Å². The molecular weight excluding hydrogens is 258 g/mol. The molecule has 2 atom stereocenters. The van der Waals surface area contributed by atoms with Gasteiger partial charge in [0.2, 0.25) is 0 Å². The van der Waals surface area contributed by atoms with Crippen molar-refractivity contribution in [3.63, 3.8) is 0 Å². The highest BCUT2D eigenvalue weighted by atomic mass is 35.5. The average molecular weight is 282 g/mol. The minimum atomic E-state index is -0.199. The fraction of sp³-hybridized carbons (Fsp3) is 0.625. The zero-order valence-corrected chi connectivity index (χ0v) is 13.2. The molecule has 0 bridgehead atoms. The normalized spacial score (nSPS) is 26.4. The summed E-state index contributed by atoms with van der Waals surface area (Å²) in [6.45, 7) is 10.6. The summed E-state index contributed by atoms with van der Waals surface area (Å²) < 4.78 is 6.15. The Morgan fingerprint density at radius 2 is 1.95 bits per heavy atom. The summed E-state index contributed by atoms with van der Waals surface area (Å²) >= 11 is 6.02. The molecule has 1 aliphatic rings. The number of rotatable bonds is 2. The molecular formula is C16H24ClNO. The summed E-state index contributed by atoms with van der Waals surface area (Å²) in [6, 6.07) is 5.92. The Hall–Kier alpha value is -0.570. The van der Waals surface area contributed by atoms with Gasteiger partial charge in [0.25, 0.3) is 0 Å². The molecule has 2 nitrogen and oxygen atoms in total. The molecule has 1 aromatic rings. The number of ether oxygens (including phenoxy) is 1. The van der Waals surface area contributed by atoms with E-state index in [2.05, 4.69) is 34.6 Å². The number of hydrogen-bond donors (Lipinski definition) is 1. The molecule has 2 unspecified atom stereocenters. The molecule has 1 saturated heterocycles. The van der Waals surface area contributed by atoms with Crippen LogP contribution in [0.4, 0.5) is 0 Å². The minimum absolute atomic E-state index is 0.0194. The van der Waals surface area contributed by atoms with E-state index in [-0.39, 0.29) is 17.2 Å². The van der Waals surface area contributed by atoms with Gasteiger partial charge in [0.15, 0.2) is 0 Å². The van der Waals surface area contributed by atoms with E-state index in [9.17, 15) is 0 Å². The molecule has 0 amide bonds. The Balaban J connectivity index is 2.31. The Bertz CT molecular complexity index is 482. The lowest BCUT2D eigenvalue weighted by atomic mass is 9.78. The lowest BCUT2D eigenvalue weighted by Gasteiger charge is -2.31. The van der Waals surface area contributed by atoms with E-state index in [1.165, 1.54) is 5.56 Å². The highest BCUT2D eigenvalue weighted by molar-refractivity contribution is 6.30. The van der Waals surface area contributed by atoms with E-state index >= 15 is 0 Å². The van der Waals surface area contributed by atoms with Gasteiger partial charge in [-0.2, -0.15) is 0 Å². The summed E-state index contributed by atoms with van der Waals surface area (Å²) in [5.41, 5.74) is 8.54. The Morgan fingerprint density at radius 1 is 1.32 bits per heavy atom. The van der Waals surface area contributed by atoms with Crippen LogP contribution in [0.15, 0.2) is 18.2 Å². The van der Waals surface area contributed by atoms with Crippen LogP contribution in [0.2, 0.25) is 5.02 Å².